The van der Waals surface area contributed by atoms with Crippen LogP contribution in [0.4, 0.5) is 0 Å². The summed E-state index contributed by atoms with van der Waals surface area (Å²) in [6.07, 6.45) is 0. The Hall–Kier alpha value is 2.26. The molecule has 0 heterocycles. The summed E-state index contributed by atoms with van der Waals surface area (Å²) in [6, 6.07) is 9.52. The topological polar surface area (TPSA) is 110 Å². The largest absolute Gasteiger partial charge is 1.00 e. The maximum atomic E-state index is 9.24. The van der Waals surface area contributed by atoms with Gasteiger partial charge in [0.05, 0.1) is 6.61 Å². The summed E-state index contributed by atoms with van der Waals surface area (Å²) in [4.78, 5) is 18.5. The van der Waals surface area contributed by atoms with E-state index in [-0.39, 0.29) is 95.3 Å². The van der Waals surface area contributed by atoms with Crippen molar-refractivity contribution < 1.29 is 117 Å². The molecular formula is C7H8Na3O6P2+3. The van der Waals surface area contributed by atoms with Gasteiger partial charge in [0.25, 0.3) is 0 Å². The van der Waals surface area contributed by atoms with Gasteiger partial charge >= 0.3 is 105 Å². The third kappa shape index (κ3) is 20.6. The zero-order chi connectivity index (χ0) is 11.7. The molecular weight excluding hydrogens is 311 g/mol. The Morgan fingerprint density at radius 1 is 1.00 bits per heavy atom. The van der Waals surface area contributed by atoms with Crippen molar-refractivity contribution in [1.82, 2.24) is 0 Å². The molecule has 1 aromatic carbocycles. The van der Waals surface area contributed by atoms with E-state index < -0.39 is 16.5 Å². The van der Waals surface area contributed by atoms with Gasteiger partial charge in [-0.2, -0.15) is 0 Å². The van der Waals surface area contributed by atoms with Crippen LogP contribution in [0.15, 0.2) is 30.3 Å². The first-order chi connectivity index (χ1) is 7.06. The van der Waals surface area contributed by atoms with Gasteiger partial charge in [0.1, 0.15) is 4.31 Å². The van der Waals surface area contributed by atoms with Crippen molar-refractivity contribution in [2.45, 2.75) is 6.61 Å². The zero-order valence-electron chi connectivity index (χ0n) is 10.5. The molecule has 18 heavy (non-hydrogen) atoms. The van der Waals surface area contributed by atoms with Crippen LogP contribution < -0.4 is 98.5 Å². The van der Waals surface area contributed by atoms with E-state index in [4.69, 9.17) is 5.11 Å². The van der Waals surface area contributed by atoms with Gasteiger partial charge in [0.15, 0.2) is 0 Å². The number of aliphatic hydroxyl groups is 1. The number of hydrogen-bond donors (Lipinski definition) is 1. The summed E-state index contributed by atoms with van der Waals surface area (Å²) >= 11 is 0. The fraction of sp³-hybridized carbons (Fsp3) is 0.143. The normalized spacial score (nSPS) is 9.28. The average Bonchev–Trinajstić information content (AvgIpc) is 2.18. The van der Waals surface area contributed by atoms with E-state index in [0.29, 0.717) is 0 Å². The van der Waals surface area contributed by atoms with E-state index in [1.807, 2.05) is 30.3 Å². The monoisotopic (exact) mass is 319 g/mol. The molecule has 0 aliphatic carbocycles. The summed E-state index contributed by atoms with van der Waals surface area (Å²) in [5, 5.41) is 8.54. The summed E-state index contributed by atoms with van der Waals surface area (Å²) in [5.74, 6) is 0. The minimum absolute atomic E-state index is 0. The second kappa shape index (κ2) is 19.3. The van der Waals surface area contributed by atoms with Gasteiger partial charge in [-0.3, -0.25) is 0 Å². The molecule has 6 nitrogen and oxygen atoms in total. The maximum absolute atomic E-state index is 9.24. The summed E-state index contributed by atoms with van der Waals surface area (Å²) in [6.45, 7) is 0.140. The molecule has 0 amide bonds. The minimum atomic E-state index is -3.24. The third-order valence-corrected chi connectivity index (χ3v) is 2.23. The first kappa shape index (κ1) is 28.4. The Balaban J connectivity index is -0.0000000942. The molecule has 0 radical (unpaired) electrons. The SMILES string of the molecule is O=[P+]([O-])O[P+](=O)[O-].OCc1ccccc1.[Na+].[Na+].[Na+]. The number of aliphatic hydroxyl groups excluding tert-OH is 1. The second-order valence-corrected chi connectivity index (χ2v) is 3.72. The van der Waals surface area contributed by atoms with Crippen molar-refractivity contribution in [1.29, 1.82) is 0 Å². The smallest absolute Gasteiger partial charge is 0.563 e. The Bertz CT molecular complexity index is 314. The fourth-order valence-electron chi connectivity index (χ4n) is 0.638. The third-order valence-electron chi connectivity index (χ3n) is 1.16. The Morgan fingerprint density at radius 3 is 1.56 bits per heavy atom. The molecule has 0 aliphatic rings. The van der Waals surface area contributed by atoms with Gasteiger partial charge < -0.3 is 14.9 Å². The quantitative estimate of drug-likeness (QED) is 0.438. The van der Waals surface area contributed by atoms with Crippen LogP contribution in [-0.2, 0) is 20.0 Å². The van der Waals surface area contributed by atoms with E-state index in [1.54, 1.807) is 0 Å². The molecule has 2 atom stereocenters. The fourth-order valence-corrected chi connectivity index (χ4v) is 1.07. The molecule has 1 N–H and O–H groups in total. The van der Waals surface area contributed by atoms with Gasteiger partial charge in [-0.25, -0.2) is 0 Å². The van der Waals surface area contributed by atoms with Crippen LogP contribution in [0.3, 0.4) is 0 Å². The minimum Gasteiger partial charge on any atom is -0.563 e. The maximum Gasteiger partial charge on any atom is 1.00 e. The average molecular weight is 319 g/mol. The molecule has 0 aliphatic heterocycles. The molecule has 1 aromatic rings. The molecule has 2 unspecified atom stereocenters. The summed E-state index contributed by atoms with van der Waals surface area (Å²) in [7, 11) is -6.47. The van der Waals surface area contributed by atoms with Gasteiger partial charge in [-0.1, -0.05) is 30.3 Å². The second-order valence-electron chi connectivity index (χ2n) is 2.17. The molecule has 82 valence electrons. The number of benzene rings is 1. The van der Waals surface area contributed by atoms with Crippen LogP contribution in [0.5, 0.6) is 0 Å². The van der Waals surface area contributed by atoms with E-state index >= 15 is 0 Å². The molecule has 11 heteroatoms. The Kier molecular flexibility index (Phi) is 30.4. The van der Waals surface area contributed by atoms with Gasteiger partial charge in [0.2, 0.25) is 0 Å². The predicted octanol–water partition coefficient (Wildman–Crippen LogP) is -8.77. The van der Waals surface area contributed by atoms with Crippen LogP contribution in [0.2, 0.25) is 0 Å². The number of hydrogen-bond acceptors (Lipinski definition) is 6. The van der Waals surface area contributed by atoms with E-state index in [1.165, 1.54) is 0 Å². The van der Waals surface area contributed by atoms with Crippen LogP contribution in [0, 0.1) is 0 Å². The van der Waals surface area contributed by atoms with Crippen LogP contribution in [0.25, 0.3) is 0 Å². The van der Waals surface area contributed by atoms with Crippen molar-refractivity contribution in [3.8, 4) is 0 Å². The van der Waals surface area contributed by atoms with Crippen molar-refractivity contribution in [3.63, 3.8) is 0 Å². The Labute approximate surface area is 173 Å². The first-order valence-electron chi connectivity index (χ1n) is 3.68. The summed E-state index contributed by atoms with van der Waals surface area (Å²) in [5.41, 5.74) is 0.965. The standard InChI is InChI=1S/C7H8O.3Na.O5P2/c8-6-7-4-2-1-3-5-7;;;;1-6(2)5-7(3)4/h1-5,8H,6H2;;;;/q;3*+1;. The van der Waals surface area contributed by atoms with Crippen molar-refractivity contribution >= 4 is 16.5 Å². The number of rotatable bonds is 3. The van der Waals surface area contributed by atoms with Gasteiger partial charge in [-0.15, -0.1) is 0 Å². The molecule has 0 saturated carbocycles. The van der Waals surface area contributed by atoms with Gasteiger partial charge in [-0.05, 0) is 14.7 Å². The first-order valence-corrected chi connectivity index (χ1v) is 5.87. The molecule has 0 saturated heterocycles. The van der Waals surface area contributed by atoms with Crippen molar-refractivity contribution in [2.75, 3.05) is 0 Å². The van der Waals surface area contributed by atoms with Crippen LogP contribution in [0.1, 0.15) is 5.56 Å². The van der Waals surface area contributed by atoms with E-state index in [2.05, 4.69) is 4.31 Å². The van der Waals surface area contributed by atoms with E-state index in [0.717, 1.165) is 5.56 Å². The van der Waals surface area contributed by atoms with Gasteiger partial charge in [0, 0.05) is 0 Å². The van der Waals surface area contributed by atoms with Crippen LogP contribution in [-0.4, -0.2) is 5.11 Å². The zero-order valence-corrected chi connectivity index (χ0v) is 18.3. The molecule has 1 rings (SSSR count). The molecule has 0 spiro atoms. The van der Waals surface area contributed by atoms with Crippen molar-refractivity contribution in [2.24, 2.45) is 0 Å². The molecule has 0 fully saturated rings. The molecule has 0 aromatic heterocycles. The predicted molar refractivity (Wildman–Crippen MR) is 48.7 cm³/mol. The summed E-state index contributed by atoms with van der Waals surface area (Å²) < 4.78 is 21.6. The van der Waals surface area contributed by atoms with Crippen molar-refractivity contribution in [3.05, 3.63) is 35.9 Å². The van der Waals surface area contributed by atoms with Crippen LogP contribution >= 0.6 is 16.5 Å². The Morgan fingerprint density at radius 2 is 1.39 bits per heavy atom. The van der Waals surface area contributed by atoms with E-state index in [9.17, 15) is 18.9 Å². The molecule has 0 bridgehead atoms.